The van der Waals surface area contributed by atoms with Gasteiger partial charge in [-0.2, -0.15) is 0 Å². The summed E-state index contributed by atoms with van der Waals surface area (Å²) in [5.74, 6) is -0.701. The van der Waals surface area contributed by atoms with E-state index in [9.17, 15) is 14.4 Å². The van der Waals surface area contributed by atoms with Gasteiger partial charge < -0.3 is 14.2 Å². The summed E-state index contributed by atoms with van der Waals surface area (Å²) in [6.45, 7) is 0.804. The van der Waals surface area contributed by atoms with Crippen molar-refractivity contribution in [1.82, 2.24) is 9.47 Å². The van der Waals surface area contributed by atoms with Crippen LogP contribution in [0.4, 0.5) is 5.69 Å². The standard InChI is InChI=1S/C22H21N3O4/c1-23-16-8-3-2-7-15(16)22(20(23)27)11-6-12-24(14-22)19(26)13-25-17-9-4-5-10-18(17)29-21(25)28/h2-5,7-10H,6,11-14H2,1H3. The van der Waals surface area contributed by atoms with E-state index in [0.717, 1.165) is 17.7 Å². The number of hydrogen-bond donors (Lipinski definition) is 0. The Morgan fingerprint density at radius 2 is 1.86 bits per heavy atom. The maximum absolute atomic E-state index is 13.2. The molecular weight excluding hydrogens is 370 g/mol. The number of aromatic nitrogens is 1. The maximum atomic E-state index is 13.2. The van der Waals surface area contributed by atoms with Crippen LogP contribution in [-0.4, -0.2) is 41.4 Å². The summed E-state index contributed by atoms with van der Waals surface area (Å²) in [5.41, 5.74) is 2.24. The number of likely N-dealkylation sites (tertiary alicyclic amines) is 1. The van der Waals surface area contributed by atoms with Crippen molar-refractivity contribution in [1.29, 1.82) is 0 Å². The Balaban J connectivity index is 1.46. The van der Waals surface area contributed by atoms with Crippen molar-refractivity contribution in [2.24, 2.45) is 0 Å². The molecule has 0 aliphatic carbocycles. The van der Waals surface area contributed by atoms with Crippen LogP contribution in [0.1, 0.15) is 18.4 Å². The molecule has 7 heteroatoms. The molecule has 0 N–H and O–H groups in total. The number of fused-ring (bicyclic) bond motifs is 3. The van der Waals surface area contributed by atoms with E-state index in [4.69, 9.17) is 4.42 Å². The molecule has 1 spiro atoms. The van der Waals surface area contributed by atoms with Crippen molar-refractivity contribution in [3.05, 3.63) is 64.6 Å². The summed E-state index contributed by atoms with van der Waals surface area (Å²) in [6, 6.07) is 14.8. The highest BCUT2D eigenvalue weighted by Crippen LogP contribution is 2.46. The molecule has 148 valence electrons. The van der Waals surface area contributed by atoms with Crippen molar-refractivity contribution >= 4 is 28.6 Å². The number of rotatable bonds is 2. The van der Waals surface area contributed by atoms with Crippen LogP contribution in [0.2, 0.25) is 0 Å². The molecule has 2 aliphatic rings. The highest BCUT2D eigenvalue weighted by molar-refractivity contribution is 6.08. The highest BCUT2D eigenvalue weighted by atomic mass is 16.4. The van der Waals surface area contributed by atoms with Crippen molar-refractivity contribution < 1.29 is 14.0 Å². The van der Waals surface area contributed by atoms with Crippen LogP contribution >= 0.6 is 0 Å². The summed E-state index contributed by atoms with van der Waals surface area (Å²) in [5, 5.41) is 0. The molecule has 3 aromatic rings. The third kappa shape index (κ3) is 2.53. The molecule has 3 heterocycles. The van der Waals surface area contributed by atoms with Gasteiger partial charge in [-0.05, 0) is 36.6 Å². The van der Waals surface area contributed by atoms with E-state index >= 15 is 0 Å². The van der Waals surface area contributed by atoms with Crippen LogP contribution in [-0.2, 0) is 21.5 Å². The average Bonchev–Trinajstić information content (AvgIpc) is 3.16. The van der Waals surface area contributed by atoms with Crippen LogP contribution < -0.4 is 10.7 Å². The number of carbonyl (C=O) groups is 2. The first-order chi connectivity index (χ1) is 14.0. The summed E-state index contributed by atoms with van der Waals surface area (Å²) in [7, 11) is 1.79. The van der Waals surface area contributed by atoms with Crippen LogP contribution in [0.25, 0.3) is 11.1 Å². The molecule has 1 saturated heterocycles. The maximum Gasteiger partial charge on any atom is 0.420 e. The first-order valence-electron chi connectivity index (χ1n) is 9.75. The van der Waals surface area contributed by atoms with Crippen LogP contribution in [0.15, 0.2) is 57.7 Å². The van der Waals surface area contributed by atoms with E-state index in [-0.39, 0.29) is 18.4 Å². The Bertz CT molecular complexity index is 1190. The lowest BCUT2D eigenvalue weighted by molar-refractivity contribution is -0.136. The lowest BCUT2D eigenvalue weighted by Gasteiger charge is -2.39. The second-order valence-corrected chi connectivity index (χ2v) is 7.80. The normalized spacial score (nSPS) is 21.2. The van der Waals surface area contributed by atoms with Crippen LogP contribution in [0.5, 0.6) is 0 Å². The minimum Gasteiger partial charge on any atom is -0.408 e. The van der Waals surface area contributed by atoms with Gasteiger partial charge in [0.2, 0.25) is 11.8 Å². The number of para-hydroxylation sites is 3. The van der Waals surface area contributed by atoms with Crippen molar-refractivity contribution in [3.8, 4) is 0 Å². The Morgan fingerprint density at radius 3 is 2.72 bits per heavy atom. The number of hydrogen-bond acceptors (Lipinski definition) is 4. The second kappa shape index (κ2) is 6.34. The molecule has 2 amide bonds. The first kappa shape index (κ1) is 17.7. The van der Waals surface area contributed by atoms with Gasteiger partial charge in [0.25, 0.3) is 0 Å². The monoisotopic (exact) mass is 391 g/mol. The largest absolute Gasteiger partial charge is 0.420 e. The summed E-state index contributed by atoms with van der Waals surface area (Å²) in [4.78, 5) is 41.9. The number of oxazole rings is 1. The van der Waals surface area contributed by atoms with Gasteiger partial charge in [0.05, 0.1) is 10.9 Å². The van der Waals surface area contributed by atoms with E-state index in [2.05, 4.69) is 0 Å². The number of likely N-dealkylation sites (N-methyl/N-ethyl adjacent to an activating group) is 1. The number of nitrogens with zero attached hydrogens (tertiary/aromatic N) is 3. The number of anilines is 1. The Hall–Kier alpha value is -3.35. The van der Waals surface area contributed by atoms with Gasteiger partial charge in [-0.1, -0.05) is 30.3 Å². The van der Waals surface area contributed by atoms with E-state index < -0.39 is 11.2 Å². The molecule has 7 nitrogen and oxygen atoms in total. The Kier molecular flexibility index (Phi) is 3.87. The molecular formula is C22H21N3O4. The summed E-state index contributed by atoms with van der Waals surface area (Å²) in [6.07, 6.45) is 1.45. The topological polar surface area (TPSA) is 75.8 Å². The molecule has 0 bridgehead atoms. The SMILES string of the molecule is CN1C(=O)C2(CCCN(C(=O)Cn3c(=O)oc4ccccc43)C2)c2ccccc21. The zero-order valence-electron chi connectivity index (χ0n) is 16.1. The molecule has 0 radical (unpaired) electrons. The average molecular weight is 391 g/mol. The number of piperidine rings is 1. The smallest absolute Gasteiger partial charge is 0.408 e. The van der Waals surface area contributed by atoms with Crippen molar-refractivity contribution in [3.63, 3.8) is 0 Å². The number of carbonyl (C=O) groups excluding carboxylic acids is 2. The zero-order valence-corrected chi connectivity index (χ0v) is 16.1. The van der Waals surface area contributed by atoms with Gasteiger partial charge in [0.15, 0.2) is 5.58 Å². The fourth-order valence-electron chi connectivity index (χ4n) is 4.78. The lowest BCUT2D eigenvalue weighted by atomic mass is 9.75. The third-order valence-corrected chi connectivity index (χ3v) is 6.21. The van der Waals surface area contributed by atoms with E-state index in [1.54, 1.807) is 41.1 Å². The second-order valence-electron chi connectivity index (χ2n) is 7.80. The zero-order chi connectivity index (χ0) is 20.2. The van der Waals surface area contributed by atoms with Crippen LogP contribution in [0.3, 0.4) is 0 Å². The fraction of sp³-hybridized carbons (Fsp3) is 0.318. The Morgan fingerprint density at radius 1 is 1.10 bits per heavy atom. The predicted octanol–water partition coefficient (Wildman–Crippen LogP) is 2.13. The fourth-order valence-corrected chi connectivity index (χ4v) is 4.78. The number of amides is 2. The van der Waals surface area contributed by atoms with E-state index in [1.165, 1.54) is 4.57 Å². The number of benzene rings is 2. The van der Waals surface area contributed by atoms with Gasteiger partial charge in [0, 0.05) is 25.8 Å². The molecule has 1 unspecified atom stereocenters. The van der Waals surface area contributed by atoms with E-state index in [1.807, 2.05) is 24.3 Å². The molecule has 2 aromatic carbocycles. The molecule has 1 aromatic heterocycles. The first-order valence-corrected chi connectivity index (χ1v) is 9.75. The molecule has 2 aliphatic heterocycles. The molecule has 0 saturated carbocycles. The van der Waals surface area contributed by atoms with E-state index in [0.29, 0.717) is 30.6 Å². The lowest BCUT2D eigenvalue weighted by Crippen LogP contribution is -2.53. The molecule has 29 heavy (non-hydrogen) atoms. The Labute approximate surface area is 167 Å². The molecule has 5 rings (SSSR count). The van der Waals surface area contributed by atoms with Crippen molar-refractivity contribution in [2.45, 2.75) is 24.8 Å². The third-order valence-electron chi connectivity index (χ3n) is 6.21. The van der Waals surface area contributed by atoms with Gasteiger partial charge in [-0.3, -0.25) is 14.2 Å². The minimum atomic E-state index is -0.706. The minimum absolute atomic E-state index is 0.0297. The van der Waals surface area contributed by atoms with Crippen molar-refractivity contribution in [2.75, 3.05) is 25.0 Å². The predicted molar refractivity (Wildman–Crippen MR) is 108 cm³/mol. The summed E-state index contributed by atoms with van der Waals surface area (Å²) < 4.78 is 6.59. The highest BCUT2D eigenvalue weighted by Gasteiger charge is 2.52. The van der Waals surface area contributed by atoms with Crippen LogP contribution in [0, 0.1) is 0 Å². The molecule has 1 atom stereocenters. The van der Waals surface area contributed by atoms with Gasteiger partial charge in [-0.25, -0.2) is 4.79 Å². The van der Waals surface area contributed by atoms with Gasteiger partial charge >= 0.3 is 5.76 Å². The summed E-state index contributed by atoms with van der Waals surface area (Å²) >= 11 is 0. The van der Waals surface area contributed by atoms with Gasteiger partial charge in [-0.15, -0.1) is 0 Å². The van der Waals surface area contributed by atoms with Gasteiger partial charge in [0.1, 0.15) is 6.54 Å². The quantitative estimate of drug-likeness (QED) is 0.671. The molecule has 1 fully saturated rings.